The number of benzene rings is 1. The first kappa shape index (κ1) is 12.0. The Labute approximate surface area is 100 Å². The van der Waals surface area contributed by atoms with Crippen molar-refractivity contribution < 1.29 is 13.7 Å². The Morgan fingerprint density at radius 1 is 1.22 bits per heavy atom. The van der Waals surface area contributed by atoms with Gasteiger partial charge in [0.05, 0.1) is 4.92 Å². The minimum Gasteiger partial charge on any atom is -0.258 e. The van der Waals surface area contributed by atoms with Gasteiger partial charge in [0.15, 0.2) is 0 Å². The van der Waals surface area contributed by atoms with Crippen molar-refractivity contribution >= 4 is 5.69 Å². The zero-order valence-corrected chi connectivity index (χ0v) is 9.01. The molecule has 0 unspecified atom stereocenters. The van der Waals surface area contributed by atoms with Crippen LogP contribution in [0, 0.1) is 21.7 Å². The predicted octanol–water partition coefficient (Wildman–Crippen LogP) is 2.25. The number of hydrogen-bond donors (Lipinski definition) is 0. The lowest BCUT2D eigenvalue weighted by Crippen LogP contribution is -2.00. The first-order valence-corrected chi connectivity index (χ1v) is 4.95. The molecule has 1 aromatic carbocycles. The SMILES string of the molecule is O=[N+]([O-])c1cnc(Cc2ccc(F)cc2F)nc1. The van der Waals surface area contributed by atoms with Crippen molar-refractivity contribution in [1.29, 1.82) is 0 Å². The summed E-state index contributed by atoms with van der Waals surface area (Å²) < 4.78 is 26.0. The zero-order valence-electron chi connectivity index (χ0n) is 9.01. The summed E-state index contributed by atoms with van der Waals surface area (Å²) in [5, 5.41) is 10.4. The van der Waals surface area contributed by atoms with Crippen LogP contribution >= 0.6 is 0 Å². The molecule has 1 heterocycles. The summed E-state index contributed by atoms with van der Waals surface area (Å²) in [6.07, 6.45) is 2.14. The number of nitro groups is 1. The lowest BCUT2D eigenvalue weighted by atomic mass is 10.1. The normalized spacial score (nSPS) is 10.3. The van der Waals surface area contributed by atoms with Gasteiger partial charge in [0.1, 0.15) is 29.9 Å². The summed E-state index contributed by atoms with van der Waals surface area (Å²) in [6, 6.07) is 3.18. The van der Waals surface area contributed by atoms with Gasteiger partial charge in [0.25, 0.3) is 0 Å². The lowest BCUT2D eigenvalue weighted by molar-refractivity contribution is -0.385. The molecule has 18 heavy (non-hydrogen) atoms. The molecule has 7 heteroatoms. The zero-order chi connectivity index (χ0) is 13.1. The highest BCUT2D eigenvalue weighted by Gasteiger charge is 2.09. The molecule has 0 atom stereocenters. The second-order valence-electron chi connectivity index (χ2n) is 3.53. The molecule has 0 fully saturated rings. The summed E-state index contributed by atoms with van der Waals surface area (Å²) in [5.41, 5.74) is -0.0106. The van der Waals surface area contributed by atoms with E-state index in [0.29, 0.717) is 0 Å². The van der Waals surface area contributed by atoms with E-state index in [-0.39, 0.29) is 23.5 Å². The summed E-state index contributed by atoms with van der Waals surface area (Å²) in [6.45, 7) is 0. The predicted molar refractivity (Wildman–Crippen MR) is 57.9 cm³/mol. The van der Waals surface area contributed by atoms with Gasteiger partial charge in [-0.2, -0.15) is 0 Å². The summed E-state index contributed by atoms with van der Waals surface area (Å²) >= 11 is 0. The second kappa shape index (κ2) is 4.82. The Hall–Kier alpha value is -2.44. The lowest BCUT2D eigenvalue weighted by Gasteiger charge is -2.02. The van der Waals surface area contributed by atoms with Crippen LogP contribution in [-0.2, 0) is 6.42 Å². The number of rotatable bonds is 3. The van der Waals surface area contributed by atoms with Crippen LogP contribution in [0.15, 0.2) is 30.6 Å². The Morgan fingerprint density at radius 2 is 1.89 bits per heavy atom. The van der Waals surface area contributed by atoms with Crippen molar-refractivity contribution in [3.05, 3.63) is 63.7 Å². The Bertz CT molecular complexity index is 587. The van der Waals surface area contributed by atoms with Gasteiger partial charge in [-0.1, -0.05) is 6.07 Å². The fraction of sp³-hybridized carbons (Fsp3) is 0.0909. The summed E-state index contributed by atoms with van der Waals surface area (Å²) in [7, 11) is 0. The molecule has 0 spiro atoms. The van der Waals surface area contributed by atoms with E-state index in [1.165, 1.54) is 6.07 Å². The van der Waals surface area contributed by atoms with Crippen LogP contribution in [0.2, 0.25) is 0 Å². The Morgan fingerprint density at radius 3 is 2.44 bits per heavy atom. The van der Waals surface area contributed by atoms with Crippen LogP contribution in [-0.4, -0.2) is 14.9 Å². The molecule has 0 N–H and O–H groups in total. The van der Waals surface area contributed by atoms with Crippen molar-refractivity contribution in [3.63, 3.8) is 0 Å². The largest absolute Gasteiger partial charge is 0.305 e. The van der Waals surface area contributed by atoms with Gasteiger partial charge < -0.3 is 0 Å². The molecular weight excluding hydrogens is 244 g/mol. The van der Waals surface area contributed by atoms with Crippen LogP contribution in [0.5, 0.6) is 0 Å². The second-order valence-corrected chi connectivity index (χ2v) is 3.53. The molecule has 0 aliphatic carbocycles. The summed E-state index contributed by atoms with van der Waals surface area (Å²) in [4.78, 5) is 17.3. The average Bonchev–Trinajstić information content (AvgIpc) is 2.33. The average molecular weight is 251 g/mol. The van der Waals surface area contributed by atoms with E-state index in [1.807, 2.05) is 0 Å². The highest BCUT2D eigenvalue weighted by atomic mass is 19.1. The molecule has 0 saturated heterocycles. The molecular formula is C11H7F2N3O2. The van der Waals surface area contributed by atoms with Crippen molar-refractivity contribution in [2.45, 2.75) is 6.42 Å². The molecule has 5 nitrogen and oxygen atoms in total. The minimum atomic E-state index is -0.697. The van der Waals surface area contributed by atoms with Crippen LogP contribution in [0.4, 0.5) is 14.5 Å². The fourth-order valence-corrected chi connectivity index (χ4v) is 1.37. The third-order valence-electron chi connectivity index (χ3n) is 2.27. The van der Waals surface area contributed by atoms with Gasteiger partial charge in [-0.25, -0.2) is 18.7 Å². The number of halogens is 2. The van der Waals surface area contributed by atoms with Gasteiger partial charge in [-0.05, 0) is 11.6 Å². The maximum absolute atomic E-state index is 13.3. The number of aromatic nitrogens is 2. The van der Waals surface area contributed by atoms with Crippen LogP contribution < -0.4 is 0 Å². The highest BCUT2D eigenvalue weighted by molar-refractivity contribution is 5.25. The third-order valence-corrected chi connectivity index (χ3v) is 2.27. The molecule has 2 rings (SSSR count). The van der Waals surface area contributed by atoms with Crippen LogP contribution in [0.1, 0.15) is 11.4 Å². The summed E-state index contributed by atoms with van der Waals surface area (Å²) in [5.74, 6) is -1.14. The van der Waals surface area contributed by atoms with E-state index in [1.54, 1.807) is 0 Å². The van der Waals surface area contributed by atoms with Gasteiger partial charge in [0, 0.05) is 12.5 Å². The van der Waals surface area contributed by atoms with Crippen molar-refractivity contribution in [2.75, 3.05) is 0 Å². The number of nitrogens with zero attached hydrogens (tertiary/aromatic N) is 3. The van der Waals surface area contributed by atoms with Crippen molar-refractivity contribution in [3.8, 4) is 0 Å². The first-order valence-electron chi connectivity index (χ1n) is 4.95. The Balaban J connectivity index is 2.21. The molecule has 2 aromatic rings. The van der Waals surface area contributed by atoms with E-state index in [0.717, 1.165) is 24.5 Å². The van der Waals surface area contributed by atoms with E-state index < -0.39 is 16.6 Å². The van der Waals surface area contributed by atoms with Crippen molar-refractivity contribution in [2.24, 2.45) is 0 Å². The van der Waals surface area contributed by atoms with Crippen molar-refractivity contribution in [1.82, 2.24) is 9.97 Å². The maximum Gasteiger partial charge on any atom is 0.305 e. The van der Waals surface area contributed by atoms with E-state index in [2.05, 4.69) is 9.97 Å². The van der Waals surface area contributed by atoms with E-state index in [9.17, 15) is 18.9 Å². The maximum atomic E-state index is 13.3. The van der Waals surface area contributed by atoms with E-state index in [4.69, 9.17) is 0 Å². The van der Waals surface area contributed by atoms with E-state index >= 15 is 0 Å². The molecule has 0 aliphatic rings. The van der Waals surface area contributed by atoms with Gasteiger partial charge in [0.2, 0.25) is 0 Å². The van der Waals surface area contributed by atoms with Crippen LogP contribution in [0.25, 0.3) is 0 Å². The molecule has 0 amide bonds. The smallest absolute Gasteiger partial charge is 0.258 e. The minimum absolute atomic E-state index is 0.0457. The molecule has 92 valence electrons. The number of hydrogen-bond acceptors (Lipinski definition) is 4. The van der Waals surface area contributed by atoms with Gasteiger partial charge in [-0.15, -0.1) is 0 Å². The molecule has 0 radical (unpaired) electrons. The Kier molecular flexibility index (Phi) is 3.22. The van der Waals surface area contributed by atoms with Gasteiger partial charge >= 0.3 is 5.69 Å². The first-order chi connectivity index (χ1) is 8.56. The molecule has 0 bridgehead atoms. The molecule has 0 aliphatic heterocycles. The monoisotopic (exact) mass is 251 g/mol. The van der Waals surface area contributed by atoms with Crippen LogP contribution in [0.3, 0.4) is 0 Å². The topological polar surface area (TPSA) is 68.9 Å². The molecule has 1 aromatic heterocycles. The van der Waals surface area contributed by atoms with Gasteiger partial charge in [-0.3, -0.25) is 10.1 Å². The molecule has 0 saturated carbocycles. The highest BCUT2D eigenvalue weighted by Crippen LogP contribution is 2.13. The standard InChI is InChI=1S/C11H7F2N3O2/c12-8-2-1-7(10(13)4-8)3-11-14-5-9(6-15-11)16(17)18/h1-2,4-6H,3H2. The fourth-order valence-electron chi connectivity index (χ4n) is 1.37. The quantitative estimate of drug-likeness (QED) is 0.619. The third kappa shape index (κ3) is 2.62.